The van der Waals surface area contributed by atoms with Crippen LogP contribution >= 0.6 is 0 Å². The zero-order valence-corrected chi connectivity index (χ0v) is 19.3. The summed E-state index contributed by atoms with van der Waals surface area (Å²) in [7, 11) is 0. The lowest BCUT2D eigenvalue weighted by Gasteiger charge is -2.20. The summed E-state index contributed by atoms with van der Waals surface area (Å²) in [5.41, 5.74) is 1.99. The normalized spacial score (nSPS) is 13.2. The summed E-state index contributed by atoms with van der Waals surface area (Å²) in [6, 6.07) is 10.4. The second kappa shape index (κ2) is 11.0. The largest absolute Gasteiger partial charge is 0.449 e. The van der Waals surface area contributed by atoms with Gasteiger partial charge in [0.05, 0.1) is 42.0 Å². The molecule has 0 radical (unpaired) electrons. The first-order valence-corrected chi connectivity index (χ1v) is 11.2. The number of carbonyl (C=O) groups is 3. The highest BCUT2D eigenvalue weighted by molar-refractivity contribution is 6.12. The van der Waals surface area contributed by atoms with Crippen LogP contribution in [0.15, 0.2) is 36.5 Å². The summed E-state index contributed by atoms with van der Waals surface area (Å²) in [6.45, 7) is 1.27. The maximum Gasteiger partial charge on any atom is 0.410 e. The smallest absolute Gasteiger partial charge is 0.410 e. The quantitative estimate of drug-likeness (QED) is 0.386. The lowest BCUT2D eigenvalue weighted by Crippen LogP contribution is -2.30. The standard InChI is InChI=1S/C26H22N6O4/c1-2-8-28-21-12-23(29-14-19(21)13-27)31-25(34)20-7-5-6-17-11-18(22(16-33)30-24(17)20)15-32-9-3-4-10-36-26(32)35/h1,5-7,11-12,14,16H,3-4,8-10,15H2,(H2,28,29,31,34). The number of cyclic esters (lactones) is 1. The topological polar surface area (TPSA) is 137 Å². The minimum Gasteiger partial charge on any atom is -0.449 e. The maximum atomic E-state index is 13.1. The molecule has 2 N–H and O–H groups in total. The Kier molecular flexibility index (Phi) is 7.37. The van der Waals surface area contributed by atoms with Crippen molar-refractivity contribution in [3.05, 3.63) is 58.9 Å². The van der Waals surface area contributed by atoms with E-state index in [2.05, 4.69) is 26.5 Å². The van der Waals surface area contributed by atoms with Crippen LogP contribution in [0.5, 0.6) is 0 Å². The number of terminal acetylenes is 1. The molecule has 2 aromatic heterocycles. The van der Waals surface area contributed by atoms with Gasteiger partial charge in [-0.15, -0.1) is 6.42 Å². The van der Waals surface area contributed by atoms with E-state index in [0.717, 1.165) is 12.8 Å². The highest BCUT2D eigenvalue weighted by Gasteiger charge is 2.21. The molecule has 1 aromatic carbocycles. The first kappa shape index (κ1) is 24.2. The van der Waals surface area contributed by atoms with Crippen LogP contribution in [0.25, 0.3) is 10.9 Å². The van der Waals surface area contributed by atoms with Crippen molar-refractivity contribution < 1.29 is 19.1 Å². The average molecular weight is 483 g/mol. The number of rotatable bonds is 7. The minimum absolute atomic E-state index is 0.136. The number of benzene rings is 1. The Labute approximate surface area is 207 Å². The highest BCUT2D eigenvalue weighted by Crippen LogP contribution is 2.24. The van der Waals surface area contributed by atoms with E-state index >= 15 is 0 Å². The predicted molar refractivity (Wildman–Crippen MR) is 132 cm³/mol. The van der Waals surface area contributed by atoms with Gasteiger partial charge in [-0.25, -0.2) is 14.8 Å². The molecule has 0 atom stereocenters. The third-order valence-corrected chi connectivity index (χ3v) is 5.63. The molecule has 0 aliphatic carbocycles. The molecule has 1 aliphatic heterocycles. The zero-order valence-electron chi connectivity index (χ0n) is 19.3. The van der Waals surface area contributed by atoms with Crippen LogP contribution in [-0.4, -0.2) is 52.9 Å². The van der Waals surface area contributed by atoms with Gasteiger partial charge in [0.2, 0.25) is 0 Å². The first-order chi connectivity index (χ1) is 17.5. The number of anilines is 2. The number of nitrogens with one attached hydrogen (secondary N) is 2. The van der Waals surface area contributed by atoms with Crippen LogP contribution in [-0.2, 0) is 11.3 Å². The van der Waals surface area contributed by atoms with E-state index in [0.29, 0.717) is 41.6 Å². The number of fused-ring (bicyclic) bond motifs is 1. The molecule has 1 aliphatic rings. The Balaban J connectivity index is 1.63. The Morgan fingerprint density at radius 2 is 2.17 bits per heavy atom. The fraction of sp³-hybridized carbons (Fsp3) is 0.231. The van der Waals surface area contributed by atoms with Crippen LogP contribution in [0.4, 0.5) is 16.3 Å². The summed E-state index contributed by atoms with van der Waals surface area (Å²) in [6.07, 6.45) is 8.38. The molecule has 1 saturated heterocycles. The first-order valence-electron chi connectivity index (χ1n) is 11.2. The van der Waals surface area contributed by atoms with Gasteiger partial charge >= 0.3 is 6.09 Å². The van der Waals surface area contributed by atoms with Crippen molar-refractivity contribution in [2.45, 2.75) is 19.4 Å². The maximum absolute atomic E-state index is 13.1. The van der Waals surface area contributed by atoms with E-state index < -0.39 is 12.0 Å². The molecule has 0 saturated carbocycles. The van der Waals surface area contributed by atoms with Crippen LogP contribution < -0.4 is 10.6 Å². The molecule has 3 aromatic rings. The van der Waals surface area contributed by atoms with Crippen LogP contribution in [0, 0.1) is 23.7 Å². The van der Waals surface area contributed by atoms with Gasteiger partial charge in [-0.05, 0) is 25.0 Å². The number of hydrogen-bond acceptors (Lipinski definition) is 8. The fourth-order valence-electron chi connectivity index (χ4n) is 3.85. The van der Waals surface area contributed by atoms with Crippen molar-refractivity contribution in [2.75, 3.05) is 30.3 Å². The molecule has 2 amide bonds. The number of carbonyl (C=O) groups excluding carboxylic acids is 3. The van der Waals surface area contributed by atoms with Gasteiger partial charge in [0, 0.05) is 29.8 Å². The Morgan fingerprint density at radius 3 is 2.94 bits per heavy atom. The van der Waals surface area contributed by atoms with Crippen molar-refractivity contribution in [3.8, 4) is 18.4 Å². The molecule has 10 nitrogen and oxygen atoms in total. The molecule has 180 valence electrons. The molecular formula is C26H22N6O4. The number of nitriles is 1. The minimum atomic E-state index is -0.492. The van der Waals surface area contributed by atoms with Gasteiger partial charge in [-0.2, -0.15) is 5.26 Å². The lowest BCUT2D eigenvalue weighted by atomic mass is 10.0. The predicted octanol–water partition coefficient (Wildman–Crippen LogP) is 3.34. The molecule has 10 heteroatoms. The summed E-state index contributed by atoms with van der Waals surface area (Å²) in [4.78, 5) is 47.3. The van der Waals surface area contributed by atoms with E-state index in [1.807, 2.05) is 6.07 Å². The Morgan fingerprint density at radius 1 is 1.31 bits per heavy atom. The molecule has 0 spiro atoms. The van der Waals surface area contributed by atoms with Crippen molar-refractivity contribution in [1.29, 1.82) is 5.26 Å². The summed E-state index contributed by atoms with van der Waals surface area (Å²) in [5, 5.41) is 15.5. The number of nitrogens with zero attached hydrogens (tertiary/aromatic N) is 4. The molecule has 36 heavy (non-hydrogen) atoms. The van der Waals surface area contributed by atoms with E-state index in [-0.39, 0.29) is 35.7 Å². The number of ether oxygens (including phenoxy) is 1. The van der Waals surface area contributed by atoms with E-state index in [1.54, 1.807) is 29.2 Å². The van der Waals surface area contributed by atoms with Gasteiger partial charge in [-0.1, -0.05) is 18.1 Å². The van der Waals surface area contributed by atoms with Crippen molar-refractivity contribution in [2.24, 2.45) is 0 Å². The number of aromatic nitrogens is 2. The molecule has 0 bridgehead atoms. The van der Waals surface area contributed by atoms with Gasteiger partial charge in [0.25, 0.3) is 5.91 Å². The lowest BCUT2D eigenvalue weighted by molar-refractivity contribution is 0.102. The number of para-hydroxylation sites is 1. The monoisotopic (exact) mass is 482 g/mol. The molecule has 3 heterocycles. The third-order valence-electron chi connectivity index (χ3n) is 5.63. The Bertz CT molecular complexity index is 1420. The Hall–Kier alpha value is -4.96. The number of amides is 2. The van der Waals surface area contributed by atoms with Gasteiger partial charge < -0.3 is 20.3 Å². The molecular weight excluding hydrogens is 460 g/mol. The van der Waals surface area contributed by atoms with Crippen LogP contribution in [0.1, 0.15) is 44.8 Å². The van der Waals surface area contributed by atoms with Crippen molar-refractivity contribution in [1.82, 2.24) is 14.9 Å². The van der Waals surface area contributed by atoms with E-state index in [1.165, 1.54) is 12.3 Å². The highest BCUT2D eigenvalue weighted by atomic mass is 16.6. The number of pyridine rings is 2. The van der Waals surface area contributed by atoms with Crippen LogP contribution in [0.3, 0.4) is 0 Å². The average Bonchev–Trinajstić information content (AvgIpc) is 3.10. The van der Waals surface area contributed by atoms with Crippen molar-refractivity contribution >= 4 is 40.7 Å². The zero-order chi connectivity index (χ0) is 25.5. The van der Waals surface area contributed by atoms with Gasteiger partial charge in [-0.3, -0.25) is 9.59 Å². The van der Waals surface area contributed by atoms with Gasteiger partial charge in [0.1, 0.15) is 17.6 Å². The van der Waals surface area contributed by atoms with E-state index in [4.69, 9.17) is 11.2 Å². The number of hydrogen-bond donors (Lipinski definition) is 2. The molecule has 1 fully saturated rings. The SMILES string of the molecule is C#CCNc1cc(NC(=O)c2cccc3cc(CN4CCCCOC4=O)c(C=O)nc23)ncc1C#N. The van der Waals surface area contributed by atoms with E-state index in [9.17, 15) is 19.6 Å². The summed E-state index contributed by atoms with van der Waals surface area (Å²) >= 11 is 0. The third kappa shape index (κ3) is 5.24. The summed E-state index contributed by atoms with van der Waals surface area (Å²) < 4.78 is 5.19. The number of aldehydes is 1. The summed E-state index contributed by atoms with van der Waals surface area (Å²) in [5.74, 6) is 2.15. The fourth-order valence-corrected chi connectivity index (χ4v) is 3.85. The second-order valence-electron chi connectivity index (χ2n) is 8.01. The van der Waals surface area contributed by atoms with Crippen molar-refractivity contribution in [3.63, 3.8) is 0 Å². The molecule has 4 rings (SSSR count). The van der Waals surface area contributed by atoms with Crippen LogP contribution in [0.2, 0.25) is 0 Å². The van der Waals surface area contributed by atoms with Gasteiger partial charge in [0.15, 0.2) is 6.29 Å². The molecule has 0 unspecified atom stereocenters. The second-order valence-corrected chi connectivity index (χ2v) is 8.01.